The molecule has 0 bridgehead atoms. The van der Waals surface area contributed by atoms with E-state index in [1.807, 2.05) is 6.92 Å². The number of hydrogen-bond donors (Lipinski definition) is 2. The normalized spacial score (nSPS) is 17.6. The van der Waals surface area contributed by atoms with Crippen molar-refractivity contribution in [1.82, 2.24) is 20.8 Å². The van der Waals surface area contributed by atoms with E-state index in [2.05, 4.69) is 20.8 Å². The lowest BCUT2D eigenvalue weighted by Gasteiger charge is -2.17. The molecule has 1 aromatic heterocycles. The van der Waals surface area contributed by atoms with Gasteiger partial charge < -0.3 is 15.2 Å². The van der Waals surface area contributed by atoms with Crippen molar-refractivity contribution in [2.75, 3.05) is 6.54 Å². The number of amides is 1. The number of carbonyl (C=O) groups excluding carboxylic acids is 1. The Morgan fingerprint density at radius 2 is 2.21 bits per heavy atom. The summed E-state index contributed by atoms with van der Waals surface area (Å²) in [5.74, 6) is 1.32. The molecule has 1 amide bonds. The molecule has 19 heavy (non-hydrogen) atoms. The Morgan fingerprint density at radius 3 is 2.84 bits per heavy atom. The number of hydrogen-bond acceptors (Lipinski definition) is 5. The maximum atomic E-state index is 11.9. The lowest BCUT2D eigenvalue weighted by molar-refractivity contribution is -0.123. The van der Waals surface area contributed by atoms with Gasteiger partial charge in [0.05, 0.1) is 6.04 Å². The van der Waals surface area contributed by atoms with E-state index in [-0.39, 0.29) is 11.9 Å². The minimum Gasteiger partial charge on any atom is -0.352 e. The molecule has 2 rings (SSSR count). The monoisotopic (exact) mass is 266 g/mol. The Morgan fingerprint density at radius 1 is 1.47 bits per heavy atom. The molecule has 0 aliphatic heterocycles. The van der Waals surface area contributed by atoms with Gasteiger partial charge in [-0.05, 0) is 26.7 Å². The molecule has 2 N–H and O–H groups in total. The summed E-state index contributed by atoms with van der Waals surface area (Å²) >= 11 is 0. The smallest absolute Gasteiger partial charge is 0.237 e. The van der Waals surface area contributed by atoms with E-state index in [1.165, 1.54) is 12.8 Å². The second kappa shape index (κ2) is 6.65. The highest BCUT2D eigenvalue weighted by Crippen LogP contribution is 2.17. The number of rotatable bonds is 6. The Balaban J connectivity index is 1.65. The molecule has 1 atom stereocenters. The summed E-state index contributed by atoms with van der Waals surface area (Å²) in [6.07, 6.45) is 5.31. The van der Waals surface area contributed by atoms with Crippen LogP contribution >= 0.6 is 0 Å². The quantitative estimate of drug-likeness (QED) is 0.801. The zero-order valence-corrected chi connectivity index (χ0v) is 11.6. The van der Waals surface area contributed by atoms with Gasteiger partial charge in [0.2, 0.25) is 11.8 Å². The Bertz CT molecular complexity index is 413. The highest BCUT2D eigenvalue weighted by atomic mass is 16.5. The lowest BCUT2D eigenvalue weighted by Crippen LogP contribution is -2.46. The van der Waals surface area contributed by atoms with Gasteiger partial charge in [0.15, 0.2) is 5.82 Å². The van der Waals surface area contributed by atoms with Crippen molar-refractivity contribution < 1.29 is 9.32 Å². The van der Waals surface area contributed by atoms with Crippen LogP contribution < -0.4 is 10.6 Å². The summed E-state index contributed by atoms with van der Waals surface area (Å²) in [7, 11) is 0. The molecule has 0 aromatic carbocycles. The zero-order valence-electron chi connectivity index (χ0n) is 11.6. The second-order valence-electron chi connectivity index (χ2n) is 5.15. The molecule has 1 aliphatic rings. The molecule has 1 heterocycles. The van der Waals surface area contributed by atoms with Gasteiger partial charge in [-0.15, -0.1) is 0 Å². The Labute approximate surface area is 113 Å². The molecule has 0 saturated heterocycles. The zero-order chi connectivity index (χ0) is 13.7. The Hall–Kier alpha value is -1.43. The van der Waals surface area contributed by atoms with Gasteiger partial charge >= 0.3 is 0 Å². The largest absolute Gasteiger partial charge is 0.352 e. The highest BCUT2D eigenvalue weighted by Gasteiger charge is 2.20. The van der Waals surface area contributed by atoms with E-state index in [0.29, 0.717) is 30.7 Å². The number of aromatic nitrogens is 2. The summed E-state index contributed by atoms with van der Waals surface area (Å²) < 4.78 is 5.01. The number of nitrogens with zero attached hydrogens (tertiary/aromatic N) is 2. The van der Waals surface area contributed by atoms with Crippen molar-refractivity contribution in [3.63, 3.8) is 0 Å². The van der Waals surface area contributed by atoms with E-state index in [0.717, 1.165) is 12.8 Å². The predicted octanol–water partition coefficient (Wildman–Crippen LogP) is 0.957. The first-order valence-electron chi connectivity index (χ1n) is 6.98. The molecular weight excluding hydrogens is 244 g/mol. The topological polar surface area (TPSA) is 80.0 Å². The van der Waals surface area contributed by atoms with Crippen LogP contribution in [0.4, 0.5) is 0 Å². The minimum atomic E-state index is -0.190. The number of carbonyl (C=O) groups is 1. The molecule has 0 spiro atoms. The highest BCUT2D eigenvalue weighted by molar-refractivity contribution is 5.81. The van der Waals surface area contributed by atoms with Gasteiger partial charge in [0.1, 0.15) is 0 Å². The van der Waals surface area contributed by atoms with Crippen LogP contribution in [0.3, 0.4) is 0 Å². The van der Waals surface area contributed by atoms with Crippen molar-refractivity contribution in [3.05, 3.63) is 11.7 Å². The SMILES string of the molecule is Cc1noc(CCNC(C)C(=O)NC2CCCC2)n1. The van der Waals surface area contributed by atoms with Crippen LogP contribution in [0.15, 0.2) is 4.52 Å². The van der Waals surface area contributed by atoms with Gasteiger partial charge in [0.25, 0.3) is 0 Å². The first kappa shape index (κ1) is 14.0. The third-order valence-electron chi connectivity index (χ3n) is 3.45. The second-order valence-corrected chi connectivity index (χ2v) is 5.15. The summed E-state index contributed by atoms with van der Waals surface area (Å²) in [6, 6.07) is 0.181. The molecule has 0 radical (unpaired) electrons. The molecular formula is C13H22N4O2. The van der Waals surface area contributed by atoms with E-state index < -0.39 is 0 Å². The third kappa shape index (κ3) is 4.31. The van der Waals surface area contributed by atoms with Crippen LogP contribution in [0.2, 0.25) is 0 Å². The van der Waals surface area contributed by atoms with Gasteiger partial charge in [-0.25, -0.2) is 0 Å². The fourth-order valence-corrected chi connectivity index (χ4v) is 2.33. The predicted molar refractivity (Wildman–Crippen MR) is 70.6 cm³/mol. The van der Waals surface area contributed by atoms with Crippen molar-refractivity contribution in [1.29, 1.82) is 0 Å². The average molecular weight is 266 g/mol. The van der Waals surface area contributed by atoms with Crippen LogP contribution in [0, 0.1) is 6.92 Å². The molecule has 1 aliphatic carbocycles. The van der Waals surface area contributed by atoms with E-state index in [9.17, 15) is 4.79 Å². The van der Waals surface area contributed by atoms with Crippen LogP contribution in [-0.4, -0.2) is 34.7 Å². The van der Waals surface area contributed by atoms with Gasteiger partial charge in [-0.2, -0.15) is 4.98 Å². The third-order valence-corrected chi connectivity index (χ3v) is 3.45. The lowest BCUT2D eigenvalue weighted by atomic mass is 10.2. The first-order chi connectivity index (χ1) is 9.15. The molecule has 1 saturated carbocycles. The van der Waals surface area contributed by atoms with Crippen LogP contribution in [-0.2, 0) is 11.2 Å². The van der Waals surface area contributed by atoms with Crippen LogP contribution in [0.25, 0.3) is 0 Å². The maximum Gasteiger partial charge on any atom is 0.237 e. The molecule has 1 unspecified atom stereocenters. The minimum absolute atomic E-state index is 0.0774. The van der Waals surface area contributed by atoms with Gasteiger partial charge in [-0.1, -0.05) is 18.0 Å². The van der Waals surface area contributed by atoms with Crippen LogP contribution in [0.5, 0.6) is 0 Å². The van der Waals surface area contributed by atoms with Crippen molar-refractivity contribution in [2.24, 2.45) is 0 Å². The molecule has 1 aromatic rings. The molecule has 1 fully saturated rings. The molecule has 6 nitrogen and oxygen atoms in total. The average Bonchev–Trinajstić information content (AvgIpc) is 3.01. The fourth-order valence-electron chi connectivity index (χ4n) is 2.33. The molecule has 6 heteroatoms. The van der Waals surface area contributed by atoms with Gasteiger partial charge in [0, 0.05) is 19.0 Å². The van der Waals surface area contributed by atoms with Crippen LogP contribution in [0.1, 0.15) is 44.3 Å². The van der Waals surface area contributed by atoms with E-state index >= 15 is 0 Å². The standard InChI is InChI=1S/C13H22N4O2/c1-9(13(18)16-11-5-3-4-6-11)14-8-7-12-15-10(2)17-19-12/h9,11,14H,3-8H2,1-2H3,(H,16,18). The Kier molecular flexibility index (Phi) is 4.90. The summed E-state index contributed by atoms with van der Waals surface area (Å²) in [5.41, 5.74) is 0. The van der Waals surface area contributed by atoms with E-state index in [1.54, 1.807) is 6.92 Å². The molecule has 106 valence electrons. The van der Waals surface area contributed by atoms with E-state index in [4.69, 9.17) is 4.52 Å². The number of nitrogens with one attached hydrogen (secondary N) is 2. The number of aryl methyl sites for hydroxylation is 1. The maximum absolute atomic E-state index is 11.9. The summed E-state index contributed by atoms with van der Waals surface area (Å²) in [6.45, 7) is 4.32. The fraction of sp³-hybridized carbons (Fsp3) is 0.769. The summed E-state index contributed by atoms with van der Waals surface area (Å²) in [5, 5.41) is 9.98. The van der Waals surface area contributed by atoms with Crippen molar-refractivity contribution >= 4 is 5.91 Å². The van der Waals surface area contributed by atoms with Crippen molar-refractivity contribution in [3.8, 4) is 0 Å². The summed E-state index contributed by atoms with van der Waals surface area (Å²) in [4.78, 5) is 16.0. The van der Waals surface area contributed by atoms with Crippen molar-refractivity contribution in [2.45, 2.75) is 58.0 Å². The van der Waals surface area contributed by atoms with Gasteiger partial charge in [-0.3, -0.25) is 4.79 Å². The first-order valence-corrected chi connectivity index (χ1v) is 6.98.